The van der Waals surface area contributed by atoms with Gasteiger partial charge in [0.05, 0.1) is 10.2 Å². The first-order chi connectivity index (χ1) is 8.90. The van der Waals surface area contributed by atoms with Gasteiger partial charge in [-0.15, -0.1) is 0 Å². The fraction of sp³-hybridized carbons (Fsp3) is 0.692. The van der Waals surface area contributed by atoms with E-state index in [4.69, 9.17) is 0 Å². The van der Waals surface area contributed by atoms with E-state index >= 15 is 0 Å². The van der Waals surface area contributed by atoms with Crippen LogP contribution >= 0.6 is 15.9 Å². The molecule has 19 heavy (non-hydrogen) atoms. The molecule has 1 N–H and O–H groups in total. The van der Waals surface area contributed by atoms with Gasteiger partial charge in [-0.05, 0) is 42.9 Å². The van der Waals surface area contributed by atoms with Crippen LogP contribution in [0.3, 0.4) is 0 Å². The maximum atomic E-state index is 12.2. The molecule has 0 aromatic carbocycles. The number of likely N-dealkylation sites (N-methyl/N-ethyl adjacent to an activating group) is 1. The first kappa shape index (κ1) is 16.2. The topological polar surface area (TPSA) is 50.2 Å². The van der Waals surface area contributed by atoms with E-state index in [-0.39, 0.29) is 11.9 Å². The molecule has 0 saturated carbocycles. The van der Waals surface area contributed by atoms with Crippen molar-refractivity contribution in [3.63, 3.8) is 0 Å². The third-order valence-electron chi connectivity index (χ3n) is 3.17. The van der Waals surface area contributed by atoms with E-state index in [2.05, 4.69) is 45.1 Å². The van der Waals surface area contributed by atoms with E-state index < -0.39 is 0 Å². The van der Waals surface area contributed by atoms with Crippen LogP contribution in [0.25, 0.3) is 0 Å². The zero-order valence-corrected chi connectivity index (χ0v) is 13.9. The Kier molecular flexibility index (Phi) is 6.00. The average molecular weight is 331 g/mol. The van der Waals surface area contributed by atoms with Gasteiger partial charge in [0.2, 0.25) is 0 Å². The number of hydrogen-bond acceptors (Lipinski definition) is 3. The Morgan fingerprint density at radius 2 is 2.05 bits per heavy atom. The van der Waals surface area contributed by atoms with Crippen molar-refractivity contribution in [2.75, 3.05) is 19.6 Å². The minimum absolute atomic E-state index is 0.0883. The second kappa shape index (κ2) is 7.05. The van der Waals surface area contributed by atoms with Crippen LogP contribution in [0.5, 0.6) is 0 Å². The number of nitrogens with zero attached hydrogens (tertiary/aromatic N) is 3. The van der Waals surface area contributed by atoms with Crippen LogP contribution in [0.15, 0.2) is 4.47 Å². The number of carbonyl (C=O) groups is 1. The summed E-state index contributed by atoms with van der Waals surface area (Å²) in [5, 5.41) is 7.25. The molecule has 1 atom stereocenters. The monoisotopic (exact) mass is 330 g/mol. The highest BCUT2D eigenvalue weighted by molar-refractivity contribution is 9.10. The molecule has 1 aromatic heterocycles. The number of amides is 1. The second-order valence-electron chi connectivity index (χ2n) is 4.73. The first-order valence-electron chi connectivity index (χ1n) is 6.62. The lowest BCUT2D eigenvalue weighted by Crippen LogP contribution is -2.42. The van der Waals surface area contributed by atoms with Gasteiger partial charge < -0.3 is 10.2 Å². The number of nitrogens with one attached hydrogen (secondary N) is 1. The molecule has 0 saturated heterocycles. The zero-order valence-electron chi connectivity index (χ0n) is 12.3. The number of hydrogen-bond donors (Lipinski definition) is 1. The largest absolute Gasteiger partial charge is 0.347 e. The normalized spacial score (nSPS) is 12.8. The number of carbonyl (C=O) groups excluding carboxylic acids is 1. The summed E-state index contributed by atoms with van der Waals surface area (Å²) in [6, 6.07) is 0.106. The van der Waals surface area contributed by atoms with Gasteiger partial charge in [0.15, 0.2) is 0 Å². The number of aryl methyl sites for hydroxylation is 2. The fourth-order valence-electron chi connectivity index (χ4n) is 2.09. The molecule has 1 aromatic rings. The second-order valence-corrected chi connectivity index (χ2v) is 5.52. The fourth-order valence-corrected chi connectivity index (χ4v) is 2.60. The Bertz CT molecular complexity index is 440. The molecular formula is C13H23BrN4O. The quantitative estimate of drug-likeness (QED) is 0.867. The molecule has 1 rings (SSSR count). The van der Waals surface area contributed by atoms with Crippen molar-refractivity contribution in [2.24, 2.45) is 7.05 Å². The standard InChI is InChI=1S/C13H23BrN4O/c1-6-18(7-2)8-9(3)15-13(19)12-11(14)10(4)16-17(12)5/h9H,6-8H2,1-5H3,(H,15,19). The SMILES string of the molecule is CCN(CC)CC(C)NC(=O)c1c(Br)c(C)nn1C. The van der Waals surface area contributed by atoms with Gasteiger partial charge in [0.25, 0.3) is 5.91 Å². The molecule has 0 fully saturated rings. The molecule has 1 amide bonds. The molecular weight excluding hydrogens is 308 g/mol. The predicted molar refractivity (Wildman–Crippen MR) is 80.4 cm³/mol. The van der Waals surface area contributed by atoms with Gasteiger partial charge in [0.1, 0.15) is 5.69 Å². The number of rotatable bonds is 6. The van der Waals surface area contributed by atoms with Gasteiger partial charge in [-0.25, -0.2) is 0 Å². The van der Waals surface area contributed by atoms with E-state index in [1.165, 1.54) is 0 Å². The third kappa shape index (κ3) is 4.04. The van der Waals surface area contributed by atoms with Crippen molar-refractivity contribution in [3.8, 4) is 0 Å². The Balaban J connectivity index is 2.69. The van der Waals surface area contributed by atoms with E-state index in [1.807, 2.05) is 13.8 Å². The van der Waals surface area contributed by atoms with Crippen molar-refractivity contribution < 1.29 is 4.79 Å². The van der Waals surface area contributed by atoms with Crippen LogP contribution in [0.4, 0.5) is 0 Å². The Morgan fingerprint density at radius 1 is 1.47 bits per heavy atom. The van der Waals surface area contributed by atoms with E-state index in [9.17, 15) is 4.79 Å². The predicted octanol–water partition coefficient (Wildman–Crippen LogP) is 1.95. The van der Waals surface area contributed by atoms with Crippen molar-refractivity contribution in [2.45, 2.75) is 33.7 Å². The molecule has 0 spiro atoms. The number of halogens is 1. The van der Waals surface area contributed by atoms with Gasteiger partial charge in [-0.2, -0.15) is 5.10 Å². The van der Waals surface area contributed by atoms with Crippen LogP contribution < -0.4 is 5.32 Å². The molecule has 0 aliphatic rings. The highest BCUT2D eigenvalue weighted by atomic mass is 79.9. The lowest BCUT2D eigenvalue weighted by atomic mass is 10.2. The van der Waals surface area contributed by atoms with Crippen molar-refractivity contribution >= 4 is 21.8 Å². The van der Waals surface area contributed by atoms with Crippen LogP contribution in [0.2, 0.25) is 0 Å². The molecule has 1 unspecified atom stereocenters. The molecule has 0 bridgehead atoms. The van der Waals surface area contributed by atoms with Crippen LogP contribution in [-0.4, -0.2) is 46.3 Å². The van der Waals surface area contributed by atoms with Crippen LogP contribution in [0, 0.1) is 6.92 Å². The lowest BCUT2D eigenvalue weighted by molar-refractivity contribution is 0.0920. The highest BCUT2D eigenvalue weighted by Gasteiger charge is 2.20. The summed E-state index contributed by atoms with van der Waals surface area (Å²) in [6.45, 7) is 11.0. The summed E-state index contributed by atoms with van der Waals surface area (Å²) in [4.78, 5) is 14.5. The minimum Gasteiger partial charge on any atom is -0.347 e. The summed E-state index contributed by atoms with van der Waals surface area (Å²) < 4.78 is 2.38. The third-order valence-corrected chi connectivity index (χ3v) is 4.12. The summed E-state index contributed by atoms with van der Waals surface area (Å²) in [5.74, 6) is -0.0883. The van der Waals surface area contributed by atoms with Gasteiger partial charge in [0, 0.05) is 19.6 Å². The lowest BCUT2D eigenvalue weighted by Gasteiger charge is -2.23. The van der Waals surface area contributed by atoms with E-state index in [0.29, 0.717) is 5.69 Å². The van der Waals surface area contributed by atoms with Gasteiger partial charge in [-0.1, -0.05) is 13.8 Å². The van der Waals surface area contributed by atoms with Crippen LogP contribution in [-0.2, 0) is 7.05 Å². The first-order valence-corrected chi connectivity index (χ1v) is 7.42. The molecule has 108 valence electrons. The Labute approximate surface area is 123 Å². The molecule has 0 aliphatic carbocycles. The van der Waals surface area contributed by atoms with E-state index in [0.717, 1.165) is 29.8 Å². The van der Waals surface area contributed by atoms with Crippen molar-refractivity contribution in [1.82, 2.24) is 20.0 Å². The highest BCUT2D eigenvalue weighted by Crippen LogP contribution is 2.20. The summed E-state index contributed by atoms with van der Waals surface area (Å²) in [6.07, 6.45) is 0. The van der Waals surface area contributed by atoms with Crippen molar-refractivity contribution in [1.29, 1.82) is 0 Å². The minimum atomic E-state index is -0.0883. The summed E-state index contributed by atoms with van der Waals surface area (Å²) in [5.41, 5.74) is 1.40. The Hall–Kier alpha value is -0.880. The van der Waals surface area contributed by atoms with Crippen LogP contribution in [0.1, 0.15) is 37.0 Å². The van der Waals surface area contributed by atoms with Gasteiger partial charge >= 0.3 is 0 Å². The smallest absolute Gasteiger partial charge is 0.270 e. The molecule has 0 radical (unpaired) electrons. The average Bonchev–Trinajstić information content (AvgIpc) is 2.60. The van der Waals surface area contributed by atoms with E-state index in [1.54, 1.807) is 11.7 Å². The van der Waals surface area contributed by atoms with Crippen molar-refractivity contribution in [3.05, 3.63) is 15.9 Å². The zero-order chi connectivity index (χ0) is 14.6. The molecule has 0 aliphatic heterocycles. The van der Waals surface area contributed by atoms with Gasteiger partial charge in [-0.3, -0.25) is 9.48 Å². The molecule has 1 heterocycles. The Morgan fingerprint density at radius 3 is 2.47 bits per heavy atom. The molecule has 5 nitrogen and oxygen atoms in total. The number of aromatic nitrogens is 2. The summed E-state index contributed by atoms with van der Waals surface area (Å²) >= 11 is 3.42. The summed E-state index contributed by atoms with van der Waals surface area (Å²) in [7, 11) is 1.78. The molecule has 6 heteroatoms. The maximum Gasteiger partial charge on any atom is 0.270 e. The maximum absolute atomic E-state index is 12.2.